The van der Waals surface area contributed by atoms with Crippen LogP contribution in [0.3, 0.4) is 0 Å². The maximum atomic E-state index is 9.38. The second-order valence-corrected chi connectivity index (χ2v) is 4.72. The van der Waals surface area contributed by atoms with Crippen LogP contribution in [0.1, 0.15) is 5.56 Å². The molecule has 0 saturated heterocycles. The van der Waals surface area contributed by atoms with E-state index in [4.69, 9.17) is 10.6 Å². The van der Waals surface area contributed by atoms with Gasteiger partial charge in [0.15, 0.2) is 0 Å². The van der Waals surface area contributed by atoms with Gasteiger partial charge in [-0.25, -0.2) is 10.8 Å². The normalized spacial score (nSPS) is 9.90. The molecule has 5 nitrogen and oxygen atoms in total. The molecule has 20 heavy (non-hydrogen) atoms. The van der Waals surface area contributed by atoms with Gasteiger partial charge in [0.25, 0.3) is 0 Å². The summed E-state index contributed by atoms with van der Waals surface area (Å²) in [5.74, 6) is 6.73. The molecule has 2 rings (SSSR count). The second-order valence-electron chi connectivity index (χ2n) is 3.92. The standard InChI is InChI=1S/C14H14N4OS/c1-19-10-5-3-9(4-6-10)11-7-13(18-16)17-14(20-2)12(11)8-15/h3-7H,16H2,1-2H3,(H,17,18). The topological polar surface area (TPSA) is 84.0 Å². The molecular formula is C14H14N4OS. The van der Waals surface area contributed by atoms with Crippen LogP contribution in [-0.4, -0.2) is 18.3 Å². The summed E-state index contributed by atoms with van der Waals surface area (Å²) in [6.07, 6.45) is 1.88. The van der Waals surface area contributed by atoms with Crippen LogP contribution in [0.4, 0.5) is 5.82 Å². The Hall–Kier alpha value is -2.23. The Balaban J connectivity index is 2.61. The molecule has 102 valence electrons. The predicted molar refractivity (Wildman–Crippen MR) is 80.5 cm³/mol. The maximum Gasteiger partial charge on any atom is 0.141 e. The van der Waals surface area contributed by atoms with Crippen molar-refractivity contribution in [2.24, 2.45) is 5.84 Å². The van der Waals surface area contributed by atoms with E-state index in [-0.39, 0.29) is 0 Å². The predicted octanol–water partition coefficient (Wildman–Crippen LogP) is 2.64. The number of thioether (sulfide) groups is 1. The monoisotopic (exact) mass is 286 g/mol. The highest BCUT2D eigenvalue weighted by Crippen LogP contribution is 2.32. The van der Waals surface area contributed by atoms with Gasteiger partial charge in [-0.3, -0.25) is 0 Å². The lowest BCUT2D eigenvalue weighted by molar-refractivity contribution is 0.415. The van der Waals surface area contributed by atoms with Crippen LogP contribution in [0.15, 0.2) is 35.4 Å². The first-order chi connectivity index (χ1) is 9.73. The number of aromatic nitrogens is 1. The van der Waals surface area contributed by atoms with E-state index >= 15 is 0 Å². The third kappa shape index (κ3) is 2.69. The van der Waals surface area contributed by atoms with Crippen molar-refractivity contribution in [1.29, 1.82) is 5.26 Å². The number of hydrazine groups is 1. The number of anilines is 1. The van der Waals surface area contributed by atoms with E-state index < -0.39 is 0 Å². The molecule has 6 heteroatoms. The summed E-state index contributed by atoms with van der Waals surface area (Å²) in [6.45, 7) is 0. The zero-order chi connectivity index (χ0) is 14.5. The van der Waals surface area contributed by atoms with Gasteiger partial charge in [-0.05, 0) is 30.0 Å². The molecule has 0 atom stereocenters. The summed E-state index contributed by atoms with van der Waals surface area (Å²) in [5, 5.41) is 10.0. The van der Waals surface area contributed by atoms with Gasteiger partial charge in [0, 0.05) is 5.56 Å². The van der Waals surface area contributed by atoms with Crippen LogP contribution in [0.2, 0.25) is 0 Å². The Bertz CT molecular complexity index is 649. The minimum Gasteiger partial charge on any atom is -0.497 e. The van der Waals surface area contributed by atoms with Gasteiger partial charge in [-0.15, -0.1) is 11.8 Å². The fourth-order valence-electron chi connectivity index (χ4n) is 1.85. The lowest BCUT2D eigenvalue weighted by Gasteiger charge is -2.11. The number of rotatable bonds is 4. The van der Waals surface area contributed by atoms with Crippen molar-refractivity contribution in [3.63, 3.8) is 0 Å². The molecule has 0 bridgehead atoms. The fourth-order valence-corrected chi connectivity index (χ4v) is 2.40. The molecule has 0 saturated carbocycles. The Morgan fingerprint density at radius 1 is 1.35 bits per heavy atom. The number of hydrogen-bond acceptors (Lipinski definition) is 6. The number of nitriles is 1. The van der Waals surface area contributed by atoms with Crippen molar-refractivity contribution in [3.05, 3.63) is 35.9 Å². The highest BCUT2D eigenvalue weighted by molar-refractivity contribution is 7.98. The number of nitrogen functional groups attached to an aromatic ring is 1. The largest absolute Gasteiger partial charge is 0.497 e. The van der Waals surface area contributed by atoms with Crippen molar-refractivity contribution in [2.45, 2.75) is 5.03 Å². The van der Waals surface area contributed by atoms with E-state index in [0.717, 1.165) is 16.9 Å². The van der Waals surface area contributed by atoms with Gasteiger partial charge < -0.3 is 10.2 Å². The minimum absolute atomic E-state index is 0.527. The van der Waals surface area contributed by atoms with Crippen LogP contribution in [0.5, 0.6) is 5.75 Å². The van der Waals surface area contributed by atoms with Crippen LogP contribution in [-0.2, 0) is 0 Å². The third-order valence-corrected chi connectivity index (χ3v) is 3.52. The van der Waals surface area contributed by atoms with Gasteiger partial charge >= 0.3 is 0 Å². The highest BCUT2D eigenvalue weighted by atomic mass is 32.2. The van der Waals surface area contributed by atoms with Crippen LogP contribution in [0, 0.1) is 11.3 Å². The molecule has 0 aliphatic heterocycles. The third-order valence-electron chi connectivity index (χ3n) is 2.84. The zero-order valence-electron chi connectivity index (χ0n) is 11.2. The minimum atomic E-state index is 0.527. The van der Waals surface area contributed by atoms with Crippen molar-refractivity contribution >= 4 is 17.6 Å². The van der Waals surface area contributed by atoms with Crippen LogP contribution < -0.4 is 16.0 Å². The molecule has 1 aromatic carbocycles. The Morgan fingerprint density at radius 2 is 2.05 bits per heavy atom. The first kappa shape index (κ1) is 14.2. The number of ether oxygens (including phenoxy) is 1. The average molecular weight is 286 g/mol. The van der Waals surface area contributed by atoms with E-state index in [9.17, 15) is 5.26 Å². The van der Waals surface area contributed by atoms with Gasteiger partial charge in [0.2, 0.25) is 0 Å². The van der Waals surface area contributed by atoms with Crippen LogP contribution >= 0.6 is 11.8 Å². The number of benzene rings is 1. The number of nitrogens with zero attached hydrogens (tertiary/aromatic N) is 2. The Labute approximate surface area is 121 Å². The SMILES string of the molecule is COc1ccc(-c2cc(NN)nc(SC)c2C#N)cc1. The van der Waals surface area contributed by atoms with Gasteiger partial charge in [-0.2, -0.15) is 5.26 Å². The van der Waals surface area contributed by atoms with E-state index in [1.165, 1.54) is 11.8 Å². The Morgan fingerprint density at radius 3 is 2.55 bits per heavy atom. The zero-order valence-corrected chi connectivity index (χ0v) is 12.0. The molecule has 0 aliphatic rings. The number of methoxy groups -OCH3 is 1. The molecule has 0 amide bonds. The molecule has 0 unspecified atom stereocenters. The maximum absolute atomic E-state index is 9.38. The van der Waals surface area contributed by atoms with Crippen molar-refractivity contribution < 1.29 is 4.74 Å². The average Bonchev–Trinajstić information content (AvgIpc) is 2.53. The quantitative estimate of drug-likeness (QED) is 0.510. The van der Waals surface area contributed by atoms with Gasteiger partial charge in [0.05, 0.1) is 12.7 Å². The van der Waals surface area contributed by atoms with E-state index in [0.29, 0.717) is 16.4 Å². The molecule has 1 aromatic heterocycles. The first-order valence-electron chi connectivity index (χ1n) is 5.83. The number of pyridine rings is 1. The smallest absolute Gasteiger partial charge is 0.141 e. The van der Waals surface area contributed by atoms with E-state index in [2.05, 4.69) is 16.5 Å². The molecule has 0 radical (unpaired) electrons. The van der Waals surface area contributed by atoms with E-state index in [1.54, 1.807) is 13.2 Å². The van der Waals surface area contributed by atoms with Crippen molar-refractivity contribution in [1.82, 2.24) is 4.98 Å². The number of nitrogens with one attached hydrogen (secondary N) is 1. The second kappa shape index (κ2) is 6.28. The fraction of sp³-hybridized carbons (Fsp3) is 0.143. The molecule has 0 fully saturated rings. The summed E-state index contributed by atoms with van der Waals surface area (Å²) in [4.78, 5) is 4.28. The molecular weight excluding hydrogens is 272 g/mol. The van der Waals surface area contributed by atoms with Crippen LogP contribution in [0.25, 0.3) is 11.1 Å². The number of hydrogen-bond donors (Lipinski definition) is 2. The summed E-state index contributed by atoms with van der Waals surface area (Å²) < 4.78 is 5.14. The van der Waals surface area contributed by atoms with Gasteiger partial charge in [-0.1, -0.05) is 12.1 Å². The molecule has 0 aliphatic carbocycles. The highest BCUT2D eigenvalue weighted by Gasteiger charge is 2.13. The molecule has 1 heterocycles. The Kier molecular flexibility index (Phi) is 4.45. The lowest BCUT2D eigenvalue weighted by atomic mass is 10.0. The first-order valence-corrected chi connectivity index (χ1v) is 7.06. The molecule has 3 N–H and O–H groups in total. The molecule has 0 spiro atoms. The lowest BCUT2D eigenvalue weighted by Crippen LogP contribution is -2.09. The number of nitrogens with two attached hydrogens (primary N) is 1. The van der Waals surface area contributed by atoms with Crippen molar-refractivity contribution in [3.8, 4) is 22.9 Å². The van der Waals surface area contributed by atoms with Crippen molar-refractivity contribution in [2.75, 3.05) is 18.8 Å². The van der Waals surface area contributed by atoms with E-state index in [1.807, 2.05) is 30.5 Å². The van der Waals surface area contributed by atoms with Gasteiger partial charge in [0.1, 0.15) is 22.7 Å². The molecule has 2 aromatic rings. The summed E-state index contributed by atoms with van der Waals surface area (Å²) in [5.41, 5.74) is 4.78. The summed E-state index contributed by atoms with van der Waals surface area (Å²) in [7, 11) is 1.62. The summed E-state index contributed by atoms with van der Waals surface area (Å²) >= 11 is 1.41. The summed E-state index contributed by atoms with van der Waals surface area (Å²) in [6, 6.07) is 11.5.